The Morgan fingerprint density at radius 1 is 1.05 bits per heavy atom. The number of hydrogen-bond donors (Lipinski definition) is 1. The van der Waals surface area contributed by atoms with Gasteiger partial charge in [-0.05, 0) is 42.4 Å². The molecule has 4 rings (SSSR count). The zero-order chi connectivity index (χ0) is 15.3. The Hall–Kier alpha value is -2.10. The molecule has 1 saturated heterocycles. The van der Waals surface area contributed by atoms with Gasteiger partial charge < -0.3 is 5.32 Å². The Balaban J connectivity index is 1.45. The summed E-state index contributed by atoms with van der Waals surface area (Å²) in [5.41, 5.74) is 2.21. The lowest BCUT2D eigenvalue weighted by Gasteiger charge is -2.18. The number of fused-ring (bicyclic) bond motifs is 5. The van der Waals surface area contributed by atoms with Crippen molar-refractivity contribution in [3.05, 3.63) is 42.0 Å². The van der Waals surface area contributed by atoms with Crippen molar-refractivity contribution in [1.82, 2.24) is 4.90 Å². The van der Waals surface area contributed by atoms with E-state index >= 15 is 0 Å². The molecule has 114 valence electrons. The summed E-state index contributed by atoms with van der Waals surface area (Å²) in [4.78, 5) is 26.5. The van der Waals surface area contributed by atoms with Crippen LogP contribution in [0.5, 0.6) is 0 Å². The van der Waals surface area contributed by atoms with Crippen LogP contribution in [0.2, 0.25) is 0 Å². The maximum atomic E-state index is 12.5. The number of amides is 2. The third-order valence-corrected chi connectivity index (χ3v) is 5.37. The first-order valence-corrected chi connectivity index (χ1v) is 8.05. The first kappa shape index (κ1) is 13.6. The van der Waals surface area contributed by atoms with Crippen LogP contribution in [0.25, 0.3) is 0 Å². The van der Waals surface area contributed by atoms with E-state index in [1.54, 1.807) is 0 Å². The lowest BCUT2D eigenvalue weighted by Crippen LogP contribution is -2.37. The largest absolute Gasteiger partial charge is 0.367 e. The average Bonchev–Trinajstić information content (AvgIpc) is 3.21. The molecule has 1 saturated carbocycles. The van der Waals surface area contributed by atoms with Crippen LogP contribution in [0.1, 0.15) is 18.9 Å². The van der Waals surface area contributed by atoms with Gasteiger partial charge in [-0.2, -0.15) is 0 Å². The molecule has 22 heavy (non-hydrogen) atoms. The molecule has 0 spiro atoms. The number of rotatable bonds is 4. The summed E-state index contributed by atoms with van der Waals surface area (Å²) in [6.45, 7) is 2.39. The SMILES string of the molecule is CCc1ccc(NCN2C(=O)[C@@H]3[C@@H](C2=O)[C@H]2C=C[C@@H]3C2)cc1. The topological polar surface area (TPSA) is 49.4 Å². The molecule has 0 radical (unpaired) electrons. The summed E-state index contributed by atoms with van der Waals surface area (Å²) < 4.78 is 0. The lowest BCUT2D eigenvalue weighted by atomic mass is 9.85. The van der Waals surface area contributed by atoms with E-state index in [2.05, 4.69) is 36.5 Å². The van der Waals surface area contributed by atoms with Gasteiger partial charge in [-0.25, -0.2) is 0 Å². The molecule has 1 heterocycles. The molecular weight excluding hydrogens is 276 g/mol. The summed E-state index contributed by atoms with van der Waals surface area (Å²) in [7, 11) is 0. The van der Waals surface area contributed by atoms with E-state index in [1.165, 1.54) is 10.5 Å². The van der Waals surface area contributed by atoms with E-state index in [0.717, 1.165) is 18.5 Å². The van der Waals surface area contributed by atoms with E-state index in [1.807, 2.05) is 12.1 Å². The molecule has 1 N–H and O–H groups in total. The number of nitrogens with one attached hydrogen (secondary N) is 1. The number of carbonyl (C=O) groups excluding carboxylic acids is 2. The Labute approximate surface area is 130 Å². The number of hydrogen-bond acceptors (Lipinski definition) is 3. The third kappa shape index (κ3) is 1.90. The Kier molecular flexibility index (Phi) is 3.06. The molecule has 0 aromatic heterocycles. The van der Waals surface area contributed by atoms with Gasteiger partial charge in [0.05, 0.1) is 18.5 Å². The van der Waals surface area contributed by atoms with Gasteiger partial charge in [-0.15, -0.1) is 0 Å². The van der Waals surface area contributed by atoms with E-state index in [4.69, 9.17) is 0 Å². The molecule has 4 heteroatoms. The predicted octanol–water partition coefficient (Wildman–Crippen LogP) is 2.43. The molecule has 1 aromatic carbocycles. The molecule has 0 unspecified atom stereocenters. The Bertz CT molecular complexity index is 620. The molecule has 3 aliphatic rings. The summed E-state index contributed by atoms with van der Waals surface area (Å²) in [5.74, 6) is 0.355. The van der Waals surface area contributed by atoms with Crippen LogP contribution in [0, 0.1) is 23.7 Å². The first-order valence-electron chi connectivity index (χ1n) is 8.05. The van der Waals surface area contributed by atoms with Crippen LogP contribution in [0.4, 0.5) is 5.69 Å². The zero-order valence-electron chi connectivity index (χ0n) is 12.7. The van der Waals surface area contributed by atoms with Crippen LogP contribution >= 0.6 is 0 Å². The van der Waals surface area contributed by atoms with E-state index in [-0.39, 0.29) is 42.2 Å². The number of nitrogens with zero attached hydrogens (tertiary/aromatic N) is 1. The summed E-state index contributed by atoms with van der Waals surface area (Å²) in [6.07, 6.45) is 6.23. The van der Waals surface area contributed by atoms with Gasteiger partial charge in [0.2, 0.25) is 11.8 Å². The van der Waals surface area contributed by atoms with Crippen LogP contribution in [0.15, 0.2) is 36.4 Å². The van der Waals surface area contributed by atoms with Gasteiger partial charge in [0.25, 0.3) is 0 Å². The second-order valence-corrected chi connectivity index (χ2v) is 6.49. The summed E-state index contributed by atoms with van der Waals surface area (Å²) in [6, 6.07) is 8.12. The van der Waals surface area contributed by atoms with Crippen LogP contribution in [-0.2, 0) is 16.0 Å². The number of anilines is 1. The highest BCUT2D eigenvalue weighted by atomic mass is 16.2. The highest BCUT2D eigenvalue weighted by Gasteiger charge is 2.59. The van der Waals surface area contributed by atoms with Gasteiger partial charge >= 0.3 is 0 Å². The van der Waals surface area contributed by atoms with Gasteiger partial charge in [0.1, 0.15) is 0 Å². The smallest absolute Gasteiger partial charge is 0.235 e. The van der Waals surface area contributed by atoms with E-state index in [0.29, 0.717) is 0 Å². The molecule has 1 aromatic rings. The van der Waals surface area contributed by atoms with E-state index < -0.39 is 0 Å². The maximum absolute atomic E-state index is 12.5. The van der Waals surface area contributed by atoms with Crippen molar-refractivity contribution in [3.8, 4) is 0 Å². The number of imide groups is 1. The molecule has 4 atom stereocenters. The number of aryl methyl sites for hydroxylation is 1. The van der Waals surface area contributed by atoms with Crippen LogP contribution < -0.4 is 5.32 Å². The molecule has 4 nitrogen and oxygen atoms in total. The quantitative estimate of drug-likeness (QED) is 0.686. The maximum Gasteiger partial charge on any atom is 0.235 e. The number of likely N-dealkylation sites (tertiary alicyclic amines) is 1. The number of carbonyl (C=O) groups is 2. The van der Waals surface area contributed by atoms with Crippen molar-refractivity contribution >= 4 is 17.5 Å². The minimum Gasteiger partial charge on any atom is -0.367 e. The fourth-order valence-electron chi connectivity index (χ4n) is 4.15. The van der Waals surface area contributed by atoms with Gasteiger partial charge in [0.15, 0.2) is 0 Å². The fraction of sp³-hybridized carbons (Fsp3) is 0.444. The highest BCUT2D eigenvalue weighted by Crippen LogP contribution is 2.52. The van der Waals surface area contributed by atoms with Crippen LogP contribution in [0.3, 0.4) is 0 Å². The van der Waals surface area contributed by atoms with Crippen molar-refractivity contribution in [2.75, 3.05) is 12.0 Å². The zero-order valence-corrected chi connectivity index (χ0v) is 12.7. The van der Waals surface area contributed by atoms with Gasteiger partial charge in [-0.3, -0.25) is 14.5 Å². The molecular formula is C18H20N2O2. The first-order chi connectivity index (χ1) is 10.7. The molecule has 2 bridgehead atoms. The monoisotopic (exact) mass is 296 g/mol. The summed E-state index contributed by atoms with van der Waals surface area (Å²) in [5, 5.41) is 3.20. The van der Waals surface area contributed by atoms with Gasteiger partial charge in [-0.1, -0.05) is 31.2 Å². The summed E-state index contributed by atoms with van der Waals surface area (Å²) >= 11 is 0. The Morgan fingerprint density at radius 2 is 1.64 bits per heavy atom. The molecule has 2 aliphatic carbocycles. The van der Waals surface area contributed by atoms with Crippen molar-refractivity contribution in [1.29, 1.82) is 0 Å². The second-order valence-electron chi connectivity index (χ2n) is 6.49. The van der Waals surface area contributed by atoms with Gasteiger partial charge in [0, 0.05) is 5.69 Å². The Morgan fingerprint density at radius 3 is 2.18 bits per heavy atom. The van der Waals surface area contributed by atoms with Crippen molar-refractivity contribution in [3.63, 3.8) is 0 Å². The second kappa shape index (κ2) is 4.97. The standard InChI is InChI=1S/C18H20N2O2/c1-2-11-3-7-14(8-4-11)19-10-20-17(21)15-12-5-6-13(9-12)16(15)18(20)22/h3-8,12-13,15-16,19H,2,9-10H2,1H3/t12-,13+,15-,16-/m0/s1. The van der Waals surface area contributed by atoms with Crippen molar-refractivity contribution in [2.24, 2.45) is 23.7 Å². The van der Waals surface area contributed by atoms with Crippen molar-refractivity contribution < 1.29 is 9.59 Å². The van der Waals surface area contributed by atoms with Crippen molar-refractivity contribution in [2.45, 2.75) is 19.8 Å². The number of allylic oxidation sites excluding steroid dienone is 2. The molecule has 2 amide bonds. The minimum atomic E-state index is -0.105. The number of benzene rings is 1. The molecule has 1 aliphatic heterocycles. The average molecular weight is 296 g/mol. The molecule has 2 fully saturated rings. The van der Waals surface area contributed by atoms with E-state index in [9.17, 15) is 9.59 Å². The fourth-order valence-corrected chi connectivity index (χ4v) is 4.15. The normalized spacial score (nSPS) is 32.0. The highest BCUT2D eigenvalue weighted by molar-refractivity contribution is 6.06. The van der Waals surface area contributed by atoms with Crippen LogP contribution in [-0.4, -0.2) is 23.4 Å². The predicted molar refractivity (Wildman–Crippen MR) is 83.9 cm³/mol. The lowest BCUT2D eigenvalue weighted by molar-refractivity contribution is -0.140. The third-order valence-electron chi connectivity index (χ3n) is 5.37. The minimum absolute atomic E-state index is 0.00419.